The van der Waals surface area contributed by atoms with E-state index in [1.54, 1.807) is 13.2 Å². The monoisotopic (exact) mass is 413 g/mol. The van der Waals surface area contributed by atoms with E-state index in [1.165, 1.54) is 7.11 Å². The minimum Gasteiger partial charge on any atom is -0.493 e. The van der Waals surface area contributed by atoms with E-state index >= 15 is 0 Å². The van der Waals surface area contributed by atoms with Crippen molar-refractivity contribution in [3.8, 4) is 11.5 Å². The van der Waals surface area contributed by atoms with Crippen molar-refractivity contribution >= 4 is 21.4 Å². The molecule has 8 nitrogen and oxygen atoms in total. The summed E-state index contributed by atoms with van der Waals surface area (Å²) in [4.78, 5) is 20.9. The molecule has 0 bridgehead atoms. The minimum atomic E-state index is -3.56. The minimum absolute atomic E-state index is 0.289. The van der Waals surface area contributed by atoms with Crippen LogP contribution in [0, 0.1) is 0 Å². The number of fused-ring (bicyclic) bond motifs is 1. The number of H-pyrrole nitrogens is 1. The highest BCUT2D eigenvalue weighted by Crippen LogP contribution is 2.38. The lowest BCUT2D eigenvalue weighted by atomic mass is 10.1. The smallest absolute Gasteiger partial charge is 0.256 e. The van der Waals surface area contributed by atoms with Gasteiger partial charge in [0.2, 0.25) is 15.0 Å². The first-order valence-corrected chi connectivity index (χ1v) is 10.5. The molecule has 146 valence electrons. The molecular formula is C17H20ClN3O5S. The van der Waals surface area contributed by atoms with Crippen molar-refractivity contribution in [2.75, 3.05) is 27.0 Å². The second-order valence-corrected chi connectivity index (χ2v) is 8.61. The molecule has 0 unspecified atom stereocenters. The number of nitrogens with one attached hydrogen (secondary N) is 1. The number of sulfone groups is 1. The molecule has 0 radical (unpaired) electrons. The van der Waals surface area contributed by atoms with Crippen LogP contribution in [0.1, 0.15) is 16.8 Å². The Morgan fingerprint density at radius 3 is 2.67 bits per heavy atom. The second-order valence-electron chi connectivity index (χ2n) is 6.30. The molecule has 10 heteroatoms. The first-order chi connectivity index (χ1) is 12.7. The van der Waals surface area contributed by atoms with Crippen LogP contribution in [0.4, 0.5) is 0 Å². The van der Waals surface area contributed by atoms with Crippen molar-refractivity contribution in [2.24, 2.45) is 0 Å². The summed E-state index contributed by atoms with van der Waals surface area (Å²) in [6, 6.07) is 3.64. The topological polar surface area (TPSA) is 102 Å². The van der Waals surface area contributed by atoms with E-state index in [0.29, 0.717) is 53.8 Å². The van der Waals surface area contributed by atoms with Gasteiger partial charge >= 0.3 is 0 Å². The Balaban J connectivity index is 1.87. The molecule has 2 aromatic rings. The van der Waals surface area contributed by atoms with Gasteiger partial charge in [-0.2, -0.15) is 0 Å². The number of ether oxygens (including phenoxy) is 2. The lowest BCUT2D eigenvalue weighted by Gasteiger charge is -2.28. The van der Waals surface area contributed by atoms with E-state index in [-0.39, 0.29) is 5.16 Å². The SMILES string of the molecule is COc1ccc(CN2CCc3nc(S(C)(=O)=O)[nH]c(=O)c3C2)c(Cl)c1OC. The Kier molecular flexibility index (Phi) is 5.45. The van der Waals surface area contributed by atoms with Gasteiger partial charge in [0.05, 0.1) is 30.5 Å². The van der Waals surface area contributed by atoms with Crippen molar-refractivity contribution in [2.45, 2.75) is 24.7 Å². The third kappa shape index (κ3) is 3.95. The van der Waals surface area contributed by atoms with Crippen LogP contribution < -0.4 is 15.0 Å². The zero-order valence-corrected chi connectivity index (χ0v) is 16.8. The maximum atomic E-state index is 12.3. The number of rotatable bonds is 5. The van der Waals surface area contributed by atoms with E-state index < -0.39 is 15.4 Å². The summed E-state index contributed by atoms with van der Waals surface area (Å²) in [5.41, 5.74) is 1.41. The summed E-state index contributed by atoms with van der Waals surface area (Å²) in [7, 11) is -0.500. The van der Waals surface area contributed by atoms with Crippen molar-refractivity contribution in [1.29, 1.82) is 0 Å². The Hall–Kier alpha value is -2.10. The van der Waals surface area contributed by atoms with Crippen LogP contribution in [-0.4, -0.2) is 50.3 Å². The Morgan fingerprint density at radius 1 is 1.30 bits per heavy atom. The fraction of sp³-hybridized carbons (Fsp3) is 0.412. The Morgan fingerprint density at radius 2 is 2.04 bits per heavy atom. The van der Waals surface area contributed by atoms with Crippen LogP contribution in [0.2, 0.25) is 5.02 Å². The van der Waals surface area contributed by atoms with Gasteiger partial charge in [-0.1, -0.05) is 17.7 Å². The standard InChI is InChI=1S/C17H20ClN3O5S/c1-25-13-5-4-10(14(18)15(13)26-2)8-21-7-6-12-11(9-21)16(22)20-17(19-12)27(3,23)24/h4-5H,6-9H2,1-3H3,(H,19,20,22). The number of aromatic nitrogens is 2. The summed E-state index contributed by atoms with van der Waals surface area (Å²) < 4.78 is 33.9. The number of hydrogen-bond donors (Lipinski definition) is 1. The number of methoxy groups -OCH3 is 2. The third-order valence-corrected chi connectivity index (χ3v) is 5.75. The van der Waals surface area contributed by atoms with Crippen LogP contribution in [0.15, 0.2) is 22.1 Å². The summed E-state index contributed by atoms with van der Waals surface area (Å²) in [6.45, 7) is 1.48. The molecule has 27 heavy (non-hydrogen) atoms. The molecule has 1 aromatic carbocycles. The maximum absolute atomic E-state index is 12.3. The lowest BCUT2D eigenvalue weighted by Crippen LogP contribution is -2.36. The second kappa shape index (κ2) is 7.49. The summed E-state index contributed by atoms with van der Waals surface area (Å²) >= 11 is 6.44. The third-order valence-electron chi connectivity index (χ3n) is 4.44. The van der Waals surface area contributed by atoms with E-state index in [0.717, 1.165) is 11.8 Å². The van der Waals surface area contributed by atoms with Gasteiger partial charge in [-0.15, -0.1) is 0 Å². The van der Waals surface area contributed by atoms with E-state index in [4.69, 9.17) is 21.1 Å². The van der Waals surface area contributed by atoms with Crippen molar-refractivity contribution in [1.82, 2.24) is 14.9 Å². The van der Waals surface area contributed by atoms with Gasteiger partial charge < -0.3 is 9.47 Å². The van der Waals surface area contributed by atoms with Gasteiger partial charge in [0.15, 0.2) is 11.5 Å². The molecule has 0 aliphatic carbocycles. The molecule has 1 N–H and O–H groups in total. The van der Waals surface area contributed by atoms with Crippen LogP contribution in [-0.2, 0) is 29.3 Å². The van der Waals surface area contributed by atoms with Crippen molar-refractivity contribution in [3.63, 3.8) is 0 Å². The number of nitrogens with zero attached hydrogens (tertiary/aromatic N) is 2. The Labute approximate surface area is 162 Å². The molecule has 2 heterocycles. The van der Waals surface area contributed by atoms with Gasteiger partial charge in [-0.25, -0.2) is 13.4 Å². The first kappa shape index (κ1) is 19.7. The Bertz CT molecular complexity index is 1040. The van der Waals surface area contributed by atoms with Crippen molar-refractivity contribution < 1.29 is 17.9 Å². The van der Waals surface area contributed by atoms with E-state index in [2.05, 4.69) is 9.97 Å². The lowest BCUT2D eigenvalue weighted by molar-refractivity contribution is 0.240. The molecule has 0 atom stereocenters. The molecule has 1 aromatic heterocycles. The number of halogens is 1. The summed E-state index contributed by atoms with van der Waals surface area (Å²) in [5.74, 6) is 1.01. The molecule has 0 spiro atoms. The highest BCUT2D eigenvalue weighted by Gasteiger charge is 2.24. The molecule has 0 saturated heterocycles. The number of benzene rings is 1. The predicted molar refractivity (Wildman–Crippen MR) is 100 cm³/mol. The van der Waals surface area contributed by atoms with Crippen LogP contribution in [0.25, 0.3) is 0 Å². The van der Waals surface area contributed by atoms with Gasteiger partial charge in [0, 0.05) is 32.3 Å². The highest BCUT2D eigenvalue weighted by atomic mass is 35.5. The van der Waals surface area contributed by atoms with Crippen molar-refractivity contribution in [3.05, 3.63) is 44.3 Å². The molecule has 3 rings (SSSR count). The molecule has 0 fully saturated rings. The number of hydrogen-bond acceptors (Lipinski definition) is 7. The molecular weight excluding hydrogens is 394 g/mol. The van der Waals surface area contributed by atoms with Crippen LogP contribution >= 0.6 is 11.6 Å². The molecule has 1 aliphatic rings. The van der Waals surface area contributed by atoms with Crippen LogP contribution in [0.3, 0.4) is 0 Å². The first-order valence-electron chi connectivity index (χ1n) is 8.18. The van der Waals surface area contributed by atoms with Gasteiger partial charge in [0.25, 0.3) is 5.56 Å². The zero-order chi connectivity index (χ0) is 19.8. The average Bonchev–Trinajstić information content (AvgIpc) is 2.62. The fourth-order valence-electron chi connectivity index (χ4n) is 3.06. The van der Waals surface area contributed by atoms with Crippen LogP contribution in [0.5, 0.6) is 11.5 Å². The van der Waals surface area contributed by atoms with Gasteiger partial charge in [-0.05, 0) is 11.6 Å². The quantitative estimate of drug-likeness (QED) is 0.739. The van der Waals surface area contributed by atoms with E-state index in [1.807, 2.05) is 11.0 Å². The molecule has 0 amide bonds. The van der Waals surface area contributed by atoms with Gasteiger partial charge in [0.1, 0.15) is 0 Å². The highest BCUT2D eigenvalue weighted by molar-refractivity contribution is 7.90. The molecule has 0 saturated carbocycles. The predicted octanol–water partition coefficient (Wildman–Crippen LogP) is 1.40. The summed E-state index contributed by atoms with van der Waals surface area (Å²) in [6.07, 6.45) is 1.50. The number of aromatic amines is 1. The normalized spacial score (nSPS) is 14.7. The largest absolute Gasteiger partial charge is 0.493 e. The summed E-state index contributed by atoms with van der Waals surface area (Å²) in [5, 5.41) is 0.171. The van der Waals surface area contributed by atoms with Gasteiger partial charge in [-0.3, -0.25) is 14.7 Å². The molecule has 1 aliphatic heterocycles. The maximum Gasteiger partial charge on any atom is 0.256 e. The van der Waals surface area contributed by atoms with E-state index in [9.17, 15) is 13.2 Å². The zero-order valence-electron chi connectivity index (χ0n) is 15.2. The average molecular weight is 414 g/mol. The fourth-order valence-corrected chi connectivity index (χ4v) is 3.91.